The van der Waals surface area contributed by atoms with Gasteiger partial charge in [0.1, 0.15) is 5.82 Å². The van der Waals surface area contributed by atoms with E-state index in [4.69, 9.17) is 4.74 Å². The van der Waals surface area contributed by atoms with Gasteiger partial charge in [0, 0.05) is 0 Å². The maximum Gasteiger partial charge on any atom is 0.166 e. The van der Waals surface area contributed by atoms with E-state index in [1.807, 2.05) is 13.0 Å². The summed E-state index contributed by atoms with van der Waals surface area (Å²) in [5, 5.41) is 0. The molecule has 150 valence electrons. The SMILES string of the molecule is CCOc1c(F)cc(C=O)c(F)c1-c1cc2c(cc1C)C(C)(C)CCC2(C)C. The van der Waals surface area contributed by atoms with Crippen molar-refractivity contribution in [3.63, 3.8) is 0 Å². The first-order valence-electron chi connectivity index (χ1n) is 9.79. The number of hydrogen-bond donors (Lipinski definition) is 0. The van der Waals surface area contributed by atoms with Crippen molar-refractivity contribution in [3.05, 3.63) is 52.1 Å². The quantitative estimate of drug-likeness (QED) is 0.561. The van der Waals surface area contributed by atoms with Crippen LogP contribution in [0.15, 0.2) is 18.2 Å². The molecule has 2 aromatic carbocycles. The molecule has 0 radical (unpaired) electrons. The van der Waals surface area contributed by atoms with Crippen molar-refractivity contribution in [2.75, 3.05) is 6.61 Å². The molecule has 0 bridgehead atoms. The molecule has 0 heterocycles. The Morgan fingerprint density at radius 2 is 1.61 bits per heavy atom. The van der Waals surface area contributed by atoms with Gasteiger partial charge in [-0.05, 0) is 71.9 Å². The molecule has 0 N–H and O–H groups in total. The molecular formula is C24H28F2O2. The molecule has 0 aliphatic heterocycles. The third-order valence-electron chi connectivity index (χ3n) is 6.08. The van der Waals surface area contributed by atoms with Gasteiger partial charge in [-0.3, -0.25) is 4.79 Å². The standard InChI is InChI=1S/C24H28F2O2/c1-7-28-22-19(25)11-15(13-27)21(26)20(22)16-12-18-17(10-14(16)2)23(3,4)8-9-24(18,5)6/h10-13H,7-9H2,1-6H3. The predicted octanol–water partition coefficient (Wildman–Crippen LogP) is 6.50. The summed E-state index contributed by atoms with van der Waals surface area (Å²) in [6, 6.07) is 4.96. The van der Waals surface area contributed by atoms with Gasteiger partial charge < -0.3 is 4.74 Å². The number of aryl methyl sites for hydroxylation is 1. The van der Waals surface area contributed by atoms with Crippen LogP contribution < -0.4 is 4.74 Å². The Kier molecular flexibility index (Phi) is 5.11. The fourth-order valence-corrected chi connectivity index (χ4v) is 4.23. The second kappa shape index (κ2) is 6.98. The Hall–Kier alpha value is -2.23. The smallest absolute Gasteiger partial charge is 0.166 e. The van der Waals surface area contributed by atoms with Gasteiger partial charge in [0.25, 0.3) is 0 Å². The third kappa shape index (κ3) is 3.23. The van der Waals surface area contributed by atoms with Crippen molar-refractivity contribution in [1.82, 2.24) is 0 Å². The van der Waals surface area contributed by atoms with Gasteiger partial charge in [-0.2, -0.15) is 0 Å². The van der Waals surface area contributed by atoms with Crippen LogP contribution >= 0.6 is 0 Å². The summed E-state index contributed by atoms with van der Waals surface area (Å²) in [6.07, 6.45) is 2.43. The normalized spacial score (nSPS) is 17.1. The molecule has 1 aliphatic rings. The summed E-state index contributed by atoms with van der Waals surface area (Å²) in [5.41, 5.74) is 3.48. The molecule has 0 aromatic heterocycles. The number of rotatable bonds is 4. The van der Waals surface area contributed by atoms with E-state index >= 15 is 4.39 Å². The van der Waals surface area contributed by atoms with Gasteiger partial charge in [0.05, 0.1) is 17.7 Å². The first kappa shape index (κ1) is 20.5. The van der Waals surface area contributed by atoms with Gasteiger partial charge in [0.15, 0.2) is 17.9 Å². The van der Waals surface area contributed by atoms with E-state index in [-0.39, 0.29) is 34.3 Å². The first-order valence-corrected chi connectivity index (χ1v) is 9.79. The molecule has 4 heteroatoms. The van der Waals surface area contributed by atoms with Crippen molar-refractivity contribution in [2.24, 2.45) is 0 Å². The van der Waals surface area contributed by atoms with Gasteiger partial charge >= 0.3 is 0 Å². The monoisotopic (exact) mass is 386 g/mol. The Morgan fingerprint density at radius 3 is 2.14 bits per heavy atom. The lowest BCUT2D eigenvalue weighted by atomic mass is 9.62. The Labute approximate surface area is 165 Å². The van der Waals surface area contributed by atoms with E-state index < -0.39 is 11.6 Å². The van der Waals surface area contributed by atoms with Crippen LogP contribution in [0, 0.1) is 18.6 Å². The minimum absolute atomic E-state index is 0.0192. The van der Waals surface area contributed by atoms with Crippen molar-refractivity contribution in [3.8, 4) is 16.9 Å². The number of aldehydes is 1. The molecule has 0 saturated carbocycles. The van der Waals surface area contributed by atoms with E-state index in [1.54, 1.807) is 6.92 Å². The van der Waals surface area contributed by atoms with Gasteiger partial charge in [0.2, 0.25) is 0 Å². The number of carbonyl (C=O) groups excluding carboxylic acids is 1. The largest absolute Gasteiger partial charge is 0.490 e. The van der Waals surface area contributed by atoms with Crippen LogP contribution in [0.5, 0.6) is 5.75 Å². The highest BCUT2D eigenvalue weighted by atomic mass is 19.1. The first-order chi connectivity index (χ1) is 13.0. The maximum absolute atomic E-state index is 15.2. The van der Waals surface area contributed by atoms with E-state index in [0.717, 1.165) is 30.0 Å². The topological polar surface area (TPSA) is 26.3 Å². The van der Waals surface area contributed by atoms with Gasteiger partial charge in [-0.15, -0.1) is 0 Å². The minimum atomic E-state index is -0.740. The van der Waals surface area contributed by atoms with E-state index in [2.05, 4.69) is 33.8 Å². The van der Waals surface area contributed by atoms with Crippen molar-refractivity contribution >= 4 is 6.29 Å². The predicted molar refractivity (Wildman–Crippen MR) is 108 cm³/mol. The van der Waals surface area contributed by atoms with Crippen LogP contribution in [0.4, 0.5) is 8.78 Å². The highest BCUT2D eigenvalue weighted by molar-refractivity contribution is 5.84. The van der Waals surface area contributed by atoms with Crippen molar-refractivity contribution < 1.29 is 18.3 Å². The molecule has 28 heavy (non-hydrogen) atoms. The number of benzene rings is 2. The molecule has 0 amide bonds. The average Bonchev–Trinajstić information content (AvgIpc) is 2.62. The van der Waals surface area contributed by atoms with Crippen LogP contribution in [-0.4, -0.2) is 12.9 Å². The number of carbonyl (C=O) groups is 1. The van der Waals surface area contributed by atoms with Crippen LogP contribution in [0.25, 0.3) is 11.1 Å². The molecule has 0 atom stereocenters. The Balaban J connectivity index is 2.38. The number of hydrogen-bond acceptors (Lipinski definition) is 2. The summed E-state index contributed by atoms with van der Waals surface area (Å²) >= 11 is 0. The molecule has 2 aromatic rings. The molecule has 2 nitrogen and oxygen atoms in total. The molecule has 3 rings (SSSR count). The van der Waals surface area contributed by atoms with E-state index in [0.29, 0.717) is 11.8 Å². The minimum Gasteiger partial charge on any atom is -0.490 e. The summed E-state index contributed by atoms with van der Waals surface area (Å²) in [6.45, 7) is 12.6. The number of halogens is 2. The summed E-state index contributed by atoms with van der Waals surface area (Å²) in [7, 11) is 0. The lowest BCUT2D eigenvalue weighted by Crippen LogP contribution is -2.34. The fourth-order valence-electron chi connectivity index (χ4n) is 4.23. The van der Waals surface area contributed by atoms with Gasteiger partial charge in [-0.25, -0.2) is 8.78 Å². The molecule has 1 aliphatic carbocycles. The zero-order valence-corrected chi connectivity index (χ0v) is 17.5. The van der Waals surface area contributed by atoms with Crippen LogP contribution in [0.3, 0.4) is 0 Å². The molecule has 0 spiro atoms. The maximum atomic E-state index is 15.2. The van der Waals surface area contributed by atoms with E-state index in [9.17, 15) is 9.18 Å². The molecule has 0 fully saturated rings. The number of fused-ring (bicyclic) bond motifs is 1. The van der Waals surface area contributed by atoms with Crippen molar-refractivity contribution in [2.45, 2.75) is 65.2 Å². The molecular weight excluding hydrogens is 358 g/mol. The van der Waals surface area contributed by atoms with Crippen LogP contribution in [0.2, 0.25) is 0 Å². The zero-order chi connectivity index (χ0) is 20.9. The lowest BCUT2D eigenvalue weighted by molar-refractivity contribution is 0.111. The number of ether oxygens (including phenoxy) is 1. The van der Waals surface area contributed by atoms with Gasteiger partial charge in [-0.1, -0.05) is 33.8 Å². The second-order valence-corrected chi connectivity index (χ2v) is 9.00. The Bertz CT molecular complexity index is 942. The van der Waals surface area contributed by atoms with Crippen LogP contribution in [-0.2, 0) is 10.8 Å². The second-order valence-electron chi connectivity index (χ2n) is 9.00. The van der Waals surface area contributed by atoms with E-state index in [1.165, 1.54) is 5.56 Å². The average molecular weight is 386 g/mol. The summed E-state index contributed by atoms with van der Waals surface area (Å²) in [4.78, 5) is 11.3. The fraction of sp³-hybridized carbons (Fsp3) is 0.458. The highest BCUT2D eigenvalue weighted by Crippen LogP contribution is 2.49. The zero-order valence-electron chi connectivity index (χ0n) is 17.5. The van der Waals surface area contributed by atoms with Crippen molar-refractivity contribution in [1.29, 1.82) is 0 Å². The highest BCUT2D eigenvalue weighted by Gasteiger charge is 2.38. The van der Waals surface area contributed by atoms with Crippen LogP contribution in [0.1, 0.15) is 74.5 Å². The third-order valence-corrected chi connectivity index (χ3v) is 6.08. The Morgan fingerprint density at radius 1 is 1.04 bits per heavy atom. The summed E-state index contributed by atoms with van der Waals surface area (Å²) in [5.74, 6) is -1.60. The summed E-state index contributed by atoms with van der Waals surface area (Å²) < 4.78 is 35.3. The lowest BCUT2D eigenvalue weighted by Gasteiger charge is -2.42. The molecule has 0 unspecified atom stereocenters. The molecule has 0 saturated heterocycles.